The number of rotatable bonds is 3. The average molecular weight is 246 g/mol. The summed E-state index contributed by atoms with van der Waals surface area (Å²) >= 11 is 0. The minimum Gasteiger partial charge on any atom is -0.547 e. The van der Waals surface area contributed by atoms with E-state index in [0.717, 1.165) is 0 Å². The zero-order valence-electron chi connectivity index (χ0n) is 6.02. The summed E-state index contributed by atoms with van der Waals surface area (Å²) in [6, 6.07) is 0. The third-order valence-electron chi connectivity index (χ3n) is 0.782. The van der Waals surface area contributed by atoms with Crippen molar-refractivity contribution in [2.45, 2.75) is 12.2 Å². The quantitative estimate of drug-likeness (QED) is 0.477. The van der Waals surface area contributed by atoms with E-state index >= 15 is 0 Å². The molecular formula is C4H4CoKO6+. The fourth-order valence-electron chi connectivity index (χ4n) is 0.258. The third-order valence-corrected chi connectivity index (χ3v) is 0.782. The first kappa shape index (κ1) is 18.7. The van der Waals surface area contributed by atoms with Crippen molar-refractivity contribution in [3.05, 3.63) is 0 Å². The van der Waals surface area contributed by atoms with Crippen LogP contribution < -0.4 is 61.6 Å². The number of carboxylic acid groups (broad SMARTS) is 2. The van der Waals surface area contributed by atoms with Gasteiger partial charge in [0, 0.05) is 0 Å². The van der Waals surface area contributed by atoms with Gasteiger partial charge >= 0.3 is 68.2 Å². The third kappa shape index (κ3) is 6.51. The van der Waals surface area contributed by atoms with Crippen molar-refractivity contribution < 1.29 is 98.2 Å². The summed E-state index contributed by atoms with van der Waals surface area (Å²) in [5.74, 6) is -4.12. The molecule has 0 rings (SSSR count). The fraction of sp³-hybridized carbons (Fsp3) is 0.500. The molecule has 0 saturated carbocycles. The maximum atomic E-state index is 9.63. The van der Waals surface area contributed by atoms with Crippen LogP contribution >= 0.6 is 0 Å². The predicted molar refractivity (Wildman–Crippen MR) is 22.0 cm³/mol. The Kier molecular flexibility index (Phi) is 13.4. The Bertz CT molecular complexity index is 144. The van der Waals surface area contributed by atoms with Gasteiger partial charge in [-0.25, -0.2) is 0 Å². The Hall–Kier alpha value is 1.00. The molecule has 8 heteroatoms. The van der Waals surface area contributed by atoms with Gasteiger partial charge in [0.15, 0.2) is 0 Å². The van der Waals surface area contributed by atoms with E-state index in [0.29, 0.717) is 0 Å². The Morgan fingerprint density at radius 1 is 1.00 bits per heavy atom. The number of carboxylic acids is 2. The van der Waals surface area contributed by atoms with E-state index in [1.165, 1.54) is 0 Å². The van der Waals surface area contributed by atoms with Gasteiger partial charge < -0.3 is 30.0 Å². The number of carbonyl (C=O) groups excluding carboxylic acids is 2. The molecule has 0 aliphatic carbocycles. The molecule has 0 saturated heterocycles. The smallest absolute Gasteiger partial charge is 0.547 e. The van der Waals surface area contributed by atoms with E-state index in [1.807, 2.05) is 0 Å². The normalized spacial score (nSPS) is 13.2. The average Bonchev–Trinajstić information content (AvgIpc) is 1.84. The van der Waals surface area contributed by atoms with Crippen molar-refractivity contribution in [1.82, 2.24) is 0 Å². The van der Waals surface area contributed by atoms with Crippen molar-refractivity contribution in [3.8, 4) is 0 Å². The fourth-order valence-corrected chi connectivity index (χ4v) is 0.258. The summed E-state index contributed by atoms with van der Waals surface area (Å²) in [5, 5.41) is 35.7. The van der Waals surface area contributed by atoms with Crippen LogP contribution in [0.5, 0.6) is 0 Å². The van der Waals surface area contributed by atoms with Gasteiger partial charge in [-0.1, -0.05) is 0 Å². The summed E-state index contributed by atoms with van der Waals surface area (Å²) in [7, 11) is 0. The molecule has 0 aromatic rings. The van der Waals surface area contributed by atoms with Gasteiger partial charge in [-0.2, -0.15) is 0 Å². The maximum Gasteiger partial charge on any atom is 2.00 e. The molecule has 65 valence electrons. The number of aliphatic hydroxyl groups excluding tert-OH is 2. The SMILES string of the molecule is O=C([O-])C(O)C(O)C(=O)[O-].[Co+2].[K+]. The second kappa shape index (κ2) is 8.59. The topological polar surface area (TPSA) is 121 Å². The number of hydrogen-bond donors (Lipinski definition) is 2. The molecule has 2 N–H and O–H groups in total. The van der Waals surface area contributed by atoms with Crippen LogP contribution in [0.25, 0.3) is 0 Å². The first-order chi connectivity index (χ1) is 4.46. The van der Waals surface area contributed by atoms with Crippen LogP contribution in [0.15, 0.2) is 0 Å². The molecule has 2 unspecified atom stereocenters. The molecular weight excluding hydrogens is 242 g/mol. The molecule has 0 bridgehead atoms. The maximum absolute atomic E-state index is 9.63. The largest absolute Gasteiger partial charge is 2.00 e. The van der Waals surface area contributed by atoms with Crippen molar-refractivity contribution in [2.24, 2.45) is 0 Å². The Morgan fingerprint density at radius 2 is 1.17 bits per heavy atom. The number of aliphatic carboxylic acids is 2. The zero-order chi connectivity index (χ0) is 8.31. The van der Waals surface area contributed by atoms with Crippen LogP contribution in [0, 0.1) is 0 Å². The van der Waals surface area contributed by atoms with Crippen molar-refractivity contribution in [2.75, 3.05) is 0 Å². The van der Waals surface area contributed by atoms with Gasteiger partial charge in [-0.3, -0.25) is 0 Å². The summed E-state index contributed by atoms with van der Waals surface area (Å²) in [4.78, 5) is 19.3. The van der Waals surface area contributed by atoms with Gasteiger partial charge in [0.2, 0.25) is 0 Å². The van der Waals surface area contributed by atoms with E-state index in [2.05, 4.69) is 0 Å². The van der Waals surface area contributed by atoms with Crippen LogP contribution in [0.2, 0.25) is 0 Å². The van der Waals surface area contributed by atoms with E-state index in [9.17, 15) is 19.8 Å². The molecule has 2 atom stereocenters. The van der Waals surface area contributed by atoms with E-state index < -0.39 is 24.1 Å². The van der Waals surface area contributed by atoms with Crippen molar-refractivity contribution >= 4 is 11.9 Å². The van der Waals surface area contributed by atoms with Crippen LogP contribution in [0.3, 0.4) is 0 Å². The number of carbonyl (C=O) groups is 2. The molecule has 0 fully saturated rings. The second-order valence-electron chi connectivity index (χ2n) is 1.53. The number of hydrogen-bond acceptors (Lipinski definition) is 6. The van der Waals surface area contributed by atoms with Gasteiger partial charge in [0.05, 0.1) is 11.9 Å². The molecule has 0 heterocycles. The molecule has 0 amide bonds. The van der Waals surface area contributed by atoms with E-state index in [-0.39, 0.29) is 68.2 Å². The van der Waals surface area contributed by atoms with Crippen LogP contribution in [0.1, 0.15) is 0 Å². The van der Waals surface area contributed by atoms with E-state index in [4.69, 9.17) is 10.2 Å². The molecule has 0 aromatic carbocycles. The molecule has 0 aromatic heterocycles. The Balaban J connectivity index is -0.000000405. The molecule has 1 radical (unpaired) electrons. The van der Waals surface area contributed by atoms with Crippen molar-refractivity contribution in [3.63, 3.8) is 0 Å². The van der Waals surface area contributed by atoms with Crippen LogP contribution in [-0.2, 0) is 26.4 Å². The minimum atomic E-state index is -2.44. The standard InChI is InChI=1S/C4H6O6.Co.K/c5-1(3(7)8)2(6)4(9)10;;/h1-2,5-6H,(H,7,8)(H,9,10);;/q;+2;+1/p-2. The first-order valence-electron chi connectivity index (χ1n) is 2.24. The monoisotopic (exact) mass is 246 g/mol. The summed E-state index contributed by atoms with van der Waals surface area (Å²) in [5.41, 5.74) is 0. The van der Waals surface area contributed by atoms with E-state index in [1.54, 1.807) is 0 Å². The second-order valence-corrected chi connectivity index (χ2v) is 1.53. The van der Waals surface area contributed by atoms with Gasteiger partial charge in [-0.05, 0) is 0 Å². The zero-order valence-corrected chi connectivity index (χ0v) is 10.2. The molecule has 6 nitrogen and oxygen atoms in total. The molecule has 0 aliphatic rings. The van der Waals surface area contributed by atoms with Gasteiger partial charge in [0.1, 0.15) is 12.2 Å². The van der Waals surface area contributed by atoms with Crippen molar-refractivity contribution in [1.29, 1.82) is 0 Å². The van der Waals surface area contributed by atoms with Crippen LogP contribution in [-0.4, -0.2) is 34.4 Å². The molecule has 0 spiro atoms. The summed E-state index contributed by atoms with van der Waals surface area (Å²) < 4.78 is 0. The first-order valence-corrected chi connectivity index (χ1v) is 2.24. The van der Waals surface area contributed by atoms with Gasteiger partial charge in [0.25, 0.3) is 0 Å². The minimum absolute atomic E-state index is 0. The Labute approximate surface area is 121 Å². The molecule has 0 aliphatic heterocycles. The van der Waals surface area contributed by atoms with Gasteiger partial charge in [-0.15, -0.1) is 0 Å². The van der Waals surface area contributed by atoms with Crippen LogP contribution in [0.4, 0.5) is 0 Å². The summed E-state index contributed by atoms with van der Waals surface area (Å²) in [6.07, 6.45) is -4.88. The summed E-state index contributed by atoms with van der Waals surface area (Å²) in [6.45, 7) is 0. The predicted octanol–water partition coefficient (Wildman–Crippen LogP) is -7.79. The molecule has 12 heavy (non-hydrogen) atoms. The Morgan fingerprint density at radius 3 is 1.25 bits per heavy atom. The number of aliphatic hydroxyl groups is 2.